The molecule has 0 spiro atoms. The molecule has 0 radical (unpaired) electrons. The van der Waals surface area contributed by atoms with E-state index in [0.29, 0.717) is 0 Å². The average molecular weight is 508 g/mol. The minimum atomic E-state index is -4.92. The Bertz CT molecular complexity index is 736. The lowest BCUT2D eigenvalue weighted by Crippen LogP contribution is -2.61. The van der Waals surface area contributed by atoms with Crippen LogP contribution in [0.1, 0.15) is 0 Å². The highest BCUT2D eigenvalue weighted by Gasteiger charge is 2.48. The summed E-state index contributed by atoms with van der Waals surface area (Å²) in [7, 11) is -3.64. The molecule has 3 saturated heterocycles. The van der Waals surface area contributed by atoms with E-state index in [4.69, 9.17) is 33.0 Å². The van der Waals surface area contributed by atoms with Crippen LogP contribution in [0.25, 0.3) is 0 Å². The smallest absolute Gasteiger partial charge is 0.387 e. The van der Waals surface area contributed by atoms with Gasteiger partial charge < -0.3 is 59.1 Å². The lowest BCUT2D eigenvalue weighted by molar-refractivity contribution is -0.347. The summed E-state index contributed by atoms with van der Waals surface area (Å²) in [6.07, 6.45) is -17.9. The second kappa shape index (κ2) is 11.0. The molecular weight excluding hydrogens is 480 g/mol. The van der Waals surface area contributed by atoms with Crippen molar-refractivity contribution in [2.75, 3.05) is 26.9 Å². The van der Waals surface area contributed by atoms with Crippen LogP contribution in [-0.2, 0) is 43.0 Å². The first-order valence-corrected chi connectivity index (χ1v) is 11.2. The van der Waals surface area contributed by atoms with Crippen molar-refractivity contribution in [3.05, 3.63) is 0 Å². The van der Waals surface area contributed by atoms with Crippen molar-refractivity contribution < 1.29 is 76.2 Å². The SMILES string of the molecule is CO[C@@H]1OC[C@@H](O[C@@H]2OC[C@@H](O[C@@H]3OC[C@@H](OS(=O)(=O)O)C(O)C3O)C(O)C2O)C(O)C1O. The van der Waals surface area contributed by atoms with Crippen LogP contribution in [0, 0.1) is 0 Å². The van der Waals surface area contributed by atoms with Gasteiger partial charge in [-0.1, -0.05) is 0 Å². The number of ether oxygens (including phenoxy) is 6. The predicted molar refractivity (Wildman–Crippen MR) is 98.4 cm³/mol. The largest absolute Gasteiger partial charge is 0.397 e. The molecule has 3 rings (SSSR count). The van der Waals surface area contributed by atoms with Crippen LogP contribution < -0.4 is 0 Å². The molecule has 3 fully saturated rings. The van der Waals surface area contributed by atoms with Gasteiger partial charge in [0.05, 0.1) is 19.8 Å². The van der Waals surface area contributed by atoms with Gasteiger partial charge in [0.15, 0.2) is 18.9 Å². The van der Waals surface area contributed by atoms with Crippen LogP contribution in [-0.4, -0.2) is 144 Å². The Balaban J connectivity index is 1.53. The van der Waals surface area contributed by atoms with E-state index >= 15 is 0 Å². The molecule has 3 aliphatic heterocycles. The molecule has 3 aliphatic rings. The highest BCUT2D eigenvalue weighted by Crippen LogP contribution is 2.27. The first kappa shape index (κ1) is 27.0. The lowest BCUT2D eigenvalue weighted by atomic mass is 10.0. The van der Waals surface area contributed by atoms with Crippen LogP contribution in [0.3, 0.4) is 0 Å². The second-order valence-electron chi connectivity index (χ2n) is 7.70. The standard InChI is InChI=1S/C16H28O16S/c1-26-14-11(20)8(17)5(2-27-14)30-15-12(21)9(18)6(3-28-15)31-16-13(22)10(19)7(4-29-16)32-33(23,24)25/h5-22H,2-4H2,1H3,(H,23,24,25)/t5-,6-,7-,8?,9?,10?,11?,12?,13?,14-,15+,16+/m1/s1. The van der Waals surface area contributed by atoms with Crippen molar-refractivity contribution >= 4 is 10.4 Å². The number of methoxy groups -OCH3 is 1. The Labute approximate surface area is 188 Å². The van der Waals surface area contributed by atoms with E-state index in [1.165, 1.54) is 7.11 Å². The highest BCUT2D eigenvalue weighted by molar-refractivity contribution is 7.80. The minimum Gasteiger partial charge on any atom is -0.387 e. The lowest BCUT2D eigenvalue weighted by Gasteiger charge is -2.43. The summed E-state index contributed by atoms with van der Waals surface area (Å²) in [4.78, 5) is 0. The van der Waals surface area contributed by atoms with Crippen molar-refractivity contribution in [1.82, 2.24) is 0 Å². The summed E-state index contributed by atoms with van der Waals surface area (Å²) < 4.78 is 65.8. The van der Waals surface area contributed by atoms with Gasteiger partial charge in [0.1, 0.15) is 54.9 Å². The molecule has 0 bridgehead atoms. The molecule has 0 aliphatic carbocycles. The Morgan fingerprint density at radius 2 is 1.00 bits per heavy atom. The third-order valence-corrected chi connectivity index (χ3v) is 5.89. The number of aliphatic hydroxyl groups excluding tert-OH is 6. The van der Waals surface area contributed by atoms with Crippen molar-refractivity contribution in [1.29, 1.82) is 0 Å². The van der Waals surface area contributed by atoms with Gasteiger partial charge in [-0.2, -0.15) is 8.42 Å². The fraction of sp³-hybridized carbons (Fsp3) is 1.00. The molecule has 0 aromatic carbocycles. The molecule has 16 nitrogen and oxygen atoms in total. The minimum absolute atomic E-state index is 0.202. The quantitative estimate of drug-likeness (QED) is 0.159. The number of rotatable bonds is 7. The van der Waals surface area contributed by atoms with Crippen molar-refractivity contribution in [3.8, 4) is 0 Å². The highest BCUT2D eigenvalue weighted by atomic mass is 32.3. The fourth-order valence-corrected chi connectivity index (χ4v) is 4.06. The molecule has 0 saturated carbocycles. The Kier molecular flexibility index (Phi) is 8.98. The molecule has 0 aromatic rings. The molecule has 7 N–H and O–H groups in total. The van der Waals surface area contributed by atoms with Crippen LogP contribution in [0.5, 0.6) is 0 Å². The van der Waals surface area contributed by atoms with E-state index in [0.717, 1.165) is 0 Å². The Morgan fingerprint density at radius 1 is 0.636 bits per heavy atom. The monoisotopic (exact) mass is 508 g/mol. The third kappa shape index (κ3) is 6.34. The first-order valence-electron chi connectivity index (χ1n) is 9.85. The third-order valence-electron chi connectivity index (χ3n) is 5.40. The Morgan fingerprint density at radius 3 is 1.42 bits per heavy atom. The van der Waals surface area contributed by atoms with Crippen LogP contribution >= 0.6 is 0 Å². The zero-order chi connectivity index (χ0) is 24.5. The summed E-state index contributed by atoms with van der Waals surface area (Å²) in [6, 6.07) is 0. The molecule has 17 heteroatoms. The second-order valence-corrected chi connectivity index (χ2v) is 8.74. The maximum absolute atomic E-state index is 10.8. The van der Waals surface area contributed by atoms with Crippen LogP contribution in [0.15, 0.2) is 0 Å². The molecule has 12 atom stereocenters. The fourth-order valence-electron chi connectivity index (χ4n) is 3.58. The van der Waals surface area contributed by atoms with E-state index in [-0.39, 0.29) is 13.2 Å². The number of aliphatic hydroxyl groups is 6. The van der Waals surface area contributed by atoms with Gasteiger partial charge >= 0.3 is 10.4 Å². The summed E-state index contributed by atoms with van der Waals surface area (Å²) in [6.45, 7) is -1.18. The van der Waals surface area contributed by atoms with Gasteiger partial charge in [-0.3, -0.25) is 4.55 Å². The van der Waals surface area contributed by atoms with E-state index in [2.05, 4.69) is 4.18 Å². The van der Waals surface area contributed by atoms with Gasteiger partial charge in [0.25, 0.3) is 0 Å². The zero-order valence-electron chi connectivity index (χ0n) is 17.3. The summed E-state index contributed by atoms with van der Waals surface area (Å²) in [5, 5.41) is 60.9. The predicted octanol–water partition coefficient (Wildman–Crippen LogP) is -5.17. The van der Waals surface area contributed by atoms with Crippen molar-refractivity contribution in [2.45, 2.75) is 73.8 Å². The maximum atomic E-state index is 10.8. The van der Waals surface area contributed by atoms with Gasteiger partial charge in [0.2, 0.25) is 0 Å². The van der Waals surface area contributed by atoms with E-state index in [9.17, 15) is 39.1 Å². The summed E-state index contributed by atoms with van der Waals surface area (Å²) >= 11 is 0. The molecule has 33 heavy (non-hydrogen) atoms. The van der Waals surface area contributed by atoms with Gasteiger partial charge in [-0.15, -0.1) is 0 Å². The summed E-state index contributed by atoms with van der Waals surface area (Å²) in [5.74, 6) is 0. The van der Waals surface area contributed by atoms with Gasteiger partial charge in [-0.05, 0) is 0 Å². The normalized spacial score (nSPS) is 47.4. The number of hydrogen-bond acceptors (Lipinski definition) is 15. The zero-order valence-corrected chi connectivity index (χ0v) is 18.1. The van der Waals surface area contributed by atoms with Crippen molar-refractivity contribution in [2.24, 2.45) is 0 Å². The van der Waals surface area contributed by atoms with Crippen LogP contribution in [0.4, 0.5) is 0 Å². The van der Waals surface area contributed by atoms with E-state index < -0.39 is 90.8 Å². The number of hydrogen-bond donors (Lipinski definition) is 7. The molecule has 3 heterocycles. The molecular formula is C16H28O16S. The average Bonchev–Trinajstić information content (AvgIpc) is 2.75. The first-order chi connectivity index (χ1) is 15.4. The van der Waals surface area contributed by atoms with Gasteiger partial charge in [0, 0.05) is 7.11 Å². The maximum Gasteiger partial charge on any atom is 0.397 e. The summed E-state index contributed by atoms with van der Waals surface area (Å²) in [5.41, 5.74) is 0. The van der Waals surface area contributed by atoms with E-state index in [1.54, 1.807) is 0 Å². The molecule has 6 unspecified atom stereocenters. The molecule has 0 amide bonds. The van der Waals surface area contributed by atoms with Crippen LogP contribution in [0.2, 0.25) is 0 Å². The van der Waals surface area contributed by atoms with E-state index in [1.807, 2.05) is 0 Å². The van der Waals surface area contributed by atoms with Crippen molar-refractivity contribution in [3.63, 3.8) is 0 Å². The topological polar surface area (TPSA) is 240 Å². The molecule has 0 aromatic heterocycles. The van der Waals surface area contributed by atoms with Gasteiger partial charge in [-0.25, -0.2) is 4.18 Å². The molecule has 194 valence electrons. The Hall–Kier alpha value is -0.610.